The highest BCUT2D eigenvalue weighted by molar-refractivity contribution is 5.68. The van der Waals surface area contributed by atoms with E-state index in [1.807, 2.05) is 0 Å². The molecule has 0 amide bonds. The van der Waals surface area contributed by atoms with Crippen LogP contribution in [0.2, 0.25) is 0 Å². The van der Waals surface area contributed by atoms with Crippen molar-refractivity contribution in [1.29, 1.82) is 0 Å². The topological polar surface area (TPSA) is 66.8 Å². The molecule has 4 heteroatoms. The summed E-state index contributed by atoms with van der Waals surface area (Å²) < 4.78 is 5.05. The zero-order chi connectivity index (χ0) is 13.9. The van der Waals surface area contributed by atoms with Gasteiger partial charge in [-0.2, -0.15) is 0 Å². The highest BCUT2D eigenvalue weighted by Gasteiger charge is 2.50. The summed E-state index contributed by atoms with van der Waals surface area (Å²) in [5.41, 5.74) is -2.81. The average Bonchev–Trinajstić information content (AvgIpc) is 2.47. The van der Waals surface area contributed by atoms with Crippen molar-refractivity contribution in [2.75, 3.05) is 7.11 Å². The number of aldehydes is 1. The first-order valence-corrected chi connectivity index (χ1v) is 6.61. The number of benzene rings is 1. The summed E-state index contributed by atoms with van der Waals surface area (Å²) in [5, 5.41) is 21.3. The van der Waals surface area contributed by atoms with Crippen LogP contribution in [0, 0.1) is 0 Å². The van der Waals surface area contributed by atoms with Crippen LogP contribution >= 0.6 is 0 Å². The van der Waals surface area contributed by atoms with Crippen molar-refractivity contribution in [3.8, 4) is 5.75 Å². The molecule has 1 aromatic carbocycles. The molecule has 2 rings (SSSR count). The molecular weight excluding hydrogens is 244 g/mol. The zero-order valence-corrected chi connectivity index (χ0v) is 11.1. The third-order valence-corrected chi connectivity index (χ3v) is 4.09. The number of rotatable bonds is 4. The molecular formula is C15H20O4. The van der Waals surface area contributed by atoms with E-state index in [2.05, 4.69) is 0 Å². The van der Waals surface area contributed by atoms with Crippen LogP contribution in [0.4, 0.5) is 0 Å². The molecule has 1 aliphatic rings. The molecule has 0 spiro atoms. The maximum Gasteiger partial charge on any atom is 0.173 e. The Kier molecular flexibility index (Phi) is 3.92. The standard InChI is InChI=1S/C15H20O4/c1-19-13-7-5-12(6-8-13)15(18,11-16)14(17)9-3-2-4-10-14/h5-8,11,17-18H,2-4,9-10H2,1H3. The molecule has 0 radical (unpaired) electrons. The second-order valence-electron chi connectivity index (χ2n) is 5.20. The summed E-state index contributed by atoms with van der Waals surface area (Å²) in [6, 6.07) is 6.60. The Labute approximate surface area is 113 Å². The first-order chi connectivity index (χ1) is 9.05. The molecule has 1 atom stereocenters. The number of ether oxygens (including phenoxy) is 1. The lowest BCUT2D eigenvalue weighted by atomic mass is 9.70. The van der Waals surface area contributed by atoms with E-state index in [0.717, 1.165) is 19.3 Å². The van der Waals surface area contributed by atoms with Gasteiger partial charge >= 0.3 is 0 Å². The first kappa shape index (κ1) is 14.0. The molecule has 1 aliphatic carbocycles. The van der Waals surface area contributed by atoms with Gasteiger partial charge in [-0.15, -0.1) is 0 Å². The van der Waals surface area contributed by atoms with Crippen LogP contribution < -0.4 is 4.74 Å². The van der Waals surface area contributed by atoms with E-state index < -0.39 is 11.2 Å². The maximum absolute atomic E-state index is 11.4. The van der Waals surface area contributed by atoms with Crippen molar-refractivity contribution < 1.29 is 19.7 Å². The molecule has 19 heavy (non-hydrogen) atoms. The van der Waals surface area contributed by atoms with Crippen molar-refractivity contribution >= 4 is 6.29 Å². The van der Waals surface area contributed by atoms with Gasteiger partial charge in [0.1, 0.15) is 11.4 Å². The van der Waals surface area contributed by atoms with Crippen LogP contribution in [-0.4, -0.2) is 29.2 Å². The SMILES string of the molecule is COc1ccc(C(O)(C=O)C2(O)CCCCC2)cc1. The average molecular weight is 264 g/mol. The minimum atomic E-state index is -1.85. The van der Waals surface area contributed by atoms with Crippen molar-refractivity contribution in [2.45, 2.75) is 43.3 Å². The Morgan fingerprint density at radius 1 is 1.21 bits per heavy atom. The van der Waals surface area contributed by atoms with E-state index in [9.17, 15) is 15.0 Å². The summed E-state index contributed by atoms with van der Waals surface area (Å²) in [6.07, 6.45) is 4.01. The number of hydrogen-bond donors (Lipinski definition) is 2. The lowest BCUT2D eigenvalue weighted by Crippen LogP contribution is -2.54. The minimum absolute atomic E-state index is 0.410. The number of carbonyl (C=O) groups excluding carboxylic acids is 1. The van der Waals surface area contributed by atoms with E-state index in [1.54, 1.807) is 31.4 Å². The van der Waals surface area contributed by atoms with Crippen LogP contribution in [0.25, 0.3) is 0 Å². The fourth-order valence-corrected chi connectivity index (χ4v) is 2.81. The summed E-state index contributed by atoms with van der Waals surface area (Å²) in [7, 11) is 1.55. The van der Waals surface area contributed by atoms with E-state index >= 15 is 0 Å². The van der Waals surface area contributed by atoms with Gasteiger partial charge in [-0.1, -0.05) is 31.4 Å². The van der Waals surface area contributed by atoms with Crippen molar-refractivity contribution in [3.05, 3.63) is 29.8 Å². The van der Waals surface area contributed by atoms with E-state index in [1.165, 1.54) is 0 Å². The Hall–Kier alpha value is -1.39. The molecule has 0 heterocycles. The summed E-state index contributed by atoms with van der Waals surface area (Å²) in [5.74, 6) is 0.646. The molecule has 1 saturated carbocycles. The van der Waals surface area contributed by atoms with E-state index in [0.29, 0.717) is 30.4 Å². The van der Waals surface area contributed by atoms with Crippen molar-refractivity contribution in [1.82, 2.24) is 0 Å². The fourth-order valence-electron chi connectivity index (χ4n) is 2.81. The molecule has 1 unspecified atom stereocenters. The Bertz CT molecular complexity index is 434. The molecule has 0 aliphatic heterocycles. The molecule has 0 bridgehead atoms. The number of hydrogen-bond acceptors (Lipinski definition) is 4. The van der Waals surface area contributed by atoms with E-state index in [4.69, 9.17) is 4.74 Å². The molecule has 1 aromatic rings. The van der Waals surface area contributed by atoms with Crippen molar-refractivity contribution in [2.24, 2.45) is 0 Å². The van der Waals surface area contributed by atoms with E-state index in [-0.39, 0.29) is 0 Å². The molecule has 4 nitrogen and oxygen atoms in total. The van der Waals surface area contributed by atoms with Gasteiger partial charge in [0, 0.05) is 0 Å². The predicted octanol–water partition coefficient (Wildman–Crippen LogP) is 1.78. The second-order valence-corrected chi connectivity index (χ2v) is 5.20. The number of aliphatic hydroxyl groups is 2. The number of carbonyl (C=O) groups is 1. The second kappa shape index (κ2) is 5.31. The third kappa shape index (κ3) is 2.38. The fraction of sp³-hybridized carbons (Fsp3) is 0.533. The summed E-state index contributed by atoms with van der Waals surface area (Å²) in [4.78, 5) is 11.4. The summed E-state index contributed by atoms with van der Waals surface area (Å²) in [6.45, 7) is 0. The van der Waals surface area contributed by atoms with Gasteiger partial charge < -0.3 is 14.9 Å². The monoisotopic (exact) mass is 264 g/mol. The van der Waals surface area contributed by atoms with Crippen LogP contribution in [0.3, 0.4) is 0 Å². The highest BCUT2D eigenvalue weighted by atomic mass is 16.5. The van der Waals surface area contributed by atoms with Gasteiger partial charge in [0.25, 0.3) is 0 Å². The zero-order valence-electron chi connectivity index (χ0n) is 11.1. The Morgan fingerprint density at radius 3 is 2.26 bits per heavy atom. The van der Waals surface area contributed by atoms with Crippen LogP contribution in [0.5, 0.6) is 5.75 Å². The molecule has 1 fully saturated rings. The maximum atomic E-state index is 11.4. The minimum Gasteiger partial charge on any atom is -0.497 e. The first-order valence-electron chi connectivity index (χ1n) is 6.61. The van der Waals surface area contributed by atoms with Gasteiger partial charge in [-0.05, 0) is 30.5 Å². The van der Waals surface area contributed by atoms with Gasteiger partial charge in [-0.25, -0.2) is 0 Å². The van der Waals surface area contributed by atoms with Gasteiger partial charge in [0.15, 0.2) is 11.9 Å². The number of methoxy groups -OCH3 is 1. The van der Waals surface area contributed by atoms with Crippen LogP contribution in [0.1, 0.15) is 37.7 Å². The predicted molar refractivity (Wildman–Crippen MR) is 71.0 cm³/mol. The molecule has 0 saturated heterocycles. The highest BCUT2D eigenvalue weighted by Crippen LogP contribution is 2.42. The third-order valence-electron chi connectivity index (χ3n) is 4.09. The largest absolute Gasteiger partial charge is 0.497 e. The summed E-state index contributed by atoms with van der Waals surface area (Å²) >= 11 is 0. The lowest BCUT2D eigenvalue weighted by Gasteiger charge is -2.42. The van der Waals surface area contributed by atoms with Crippen molar-refractivity contribution in [3.63, 3.8) is 0 Å². The van der Waals surface area contributed by atoms with Crippen LogP contribution in [0.15, 0.2) is 24.3 Å². The lowest BCUT2D eigenvalue weighted by molar-refractivity contribution is -0.175. The van der Waals surface area contributed by atoms with Gasteiger partial charge in [0.05, 0.1) is 7.11 Å². The quantitative estimate of drug-likeness (QED) is 0.813. The molecule has 2 N–H and O–H groups in total. The Balaban J connectivity index is 2.37. The van der Waals surface area contributed by atoms with Crippen LogP contribution in [-0.2, 0) is 10.4 Å². The molecule has 0 aromatic heterocycles. The van der Waals surface area contributed by atoms with Gasteiger partial charge in [-0.3, -0.25) is 4.79 Å². The normalized spacial score (nSPS) is 21.4. The van der Waals surface area contributed by atoms with Gasteiger partial charge in [0.2, 0.25) is 0 Å². The smallest absolute Gasteiger partial charge is 0.173 e. The molecule has 104 valence electrons. The Morgan fingerprint density at radius 2 is 1.79 bits per heavy atom.